The quantitative estimate of drug-likeness (QED) is 0.819. The number of nitrogen functional groups attached to an aromatic ring is 1. The SMILES string of the molecule is Cc1cc(Nc2cccc(F)c2C#N)c(Br)cc1N. The molecule has 0 bridgehead atoms. The number of nitrogens with two attached hydrogens (primary N) is 1. The van der Waals surface area contributed by atoms with Gasteiger partial charge < -0.3 is 11.1 Å². The third-order valence-electron chi connectivity index (χ3n) is 2.75. The first-order valence-electron chi connectivity index (χ1n) is 5.54. The Morgan fingerprint density at radius 3 is 2.74 bits per heavy atom. The van der Waals surface area contributed by atoms with Crippen LogP contribution in [0.3, 0.4) is 0 Å². The second-order valence-corrected chi connectivity index (χ2v) is 4.94. The van der Waals surface area contributed by atoms with Crippen molar-refractivity contribution in [1.82, 2.24) is 0 Å². The van der Waals surface area contributed by atoms with Crippen molar-refractivity contribution in [3.8, 4) is 6.07 Å². The molecule has 3 nitrogen and oxygen atoms in total. The summed E-state index contributed by atoms with van der Waals surface area (Å²) in [4.78, 5) is 0. The van der Waals surface area contributed by atoms with Gasteiger partial charge in [-0.1, -0.05) is 6.07 Å². The summed E-state index contributed by atoms with van der Waals surface area (Å²) < 4.78 is 14.3. The molecule has 5 heteroatoms. The zero-order chi connectivity index (χ0) is 14.0. The van der Waals surface area contributed by atoms with Crippen LogP contribution in [0.25, 0.3) is 0 Å². The minimum atomic E-state index is -0.546. The van der Waals surface area contributed by atoms with Gasteiger partial charge in [-0.15, -0.1) is 0 Å². The molecule has 0 atom stereocenters. The predicted molar refractivity (Wildman–Crippen MR) is 77.7 cm³/mol. The first-order chi connectivity index (χ1) is 9.02. The number of nitrogens with one attached hydrogen (secondary N) is 1. The highest BCUT2D eigenvalue weighted by molar-refractivity contribution is 9.10. The van der Waals surface area contributed by atoms with Crippen LogP contribution in [0, 0.1) is 24.1 Å². The van der Waals surface area contributed by atoms with Gasteiger partial charge in [0.1, 0.15) is 17.4 Å². The molecule has 96 valence electrons. The number of rotatable bonds is 2. The molecular formula is C14H11BrFN3. The van der Waals surface area contributed by atoms with Gasteiger partial charge in [0.25, 0.3) is 0 Å². The fourth-order valence-corrected chi connectivity index (χ4v) is 2.14. The van der Waals surface area contributed by atoms with Gasteiger partial charge in [0.15, 0.2) is 0 Å². The molecule has 0 heterocycles. The molecule has 0 fully saturated rings. The molecule has 0 amide bonds. The summed E-state index contributed by atoms with van der Waals surface area (Å²) in [7, 11) is 0. The van der Waals surface area contributed by atoms with Gasteiger partial charge in [-0.3, -0.25) is 0 Å². The molecule has 0 radical (unpaired) electrons. The van der Waals surface area contributed by atoms with E-state index in [0.717, 1.165) is 15.7 Å². The highest BCUT2D eigenvalue weighted by Crippen LogP contribution is 2.31. The summed E-state index contributed by atoms with van der Waals surface area (Å²) in [5.74, 6) is -0.546. The predicted octanol–water partition coefficient (Wildman–Crippen LogP) is 4.09. The third kappa shape index (κ3) is 2.69. The fraction of sp³-hybridized carbons (Fsp3) is 0.0714. The number of hydrogen-bond donors (Lipinski definition) is 2. The lowest BCUT2D eigenvalue weighted by Gasteiger charge is -2.12. The molecule has 0 aliphatic carbocycles. The molecule has 2 aromatic rings. The molecule has 0 aliphatic heterocycles. The highest BCUT2D eigenvalue weighted by Gasteiger charge is 2.10. The lowest BCUT2D eigenvalue weighted by atomic mass is 10.1. The average Bonchev–Trinajstić information content (AvgIpc) is 2.36. The maximum absolute atomic E-state index is 13.5. The van der Waals surface area contributed by atoms with E-state index in [1.165, 1.54) is 6.07 Å². The minimum absolute atomic E-state index is 0.0103. The van der Waals surface area contributed by atoms with Crippen molar-refractivity contribution < 1.29 is 4.39 Å². The van der Waals surface area contributed by atoms with E-state index in [0.29, 0.717) is 11.4 Å². The Balaban J connectivity index is 2.45. The first-order valence-corrected chi connectivity index (χ1v) is 6.33. The summed E-state index contributed by atoms with van der Waals surface area (Å²) in [5.41, 5.74) is 8.50. The molecule has 0 aliphatic rings. The Bertz CT molecular complexity index is 677. The summed E-state index contributed by atoms with van der Waals surface area (Å²) in [6.45, 7) is 1.88. The molecule has 3 N–H and O–H groups in total. The lowest BCUT2D eigenvalue weighted by Crippen LogP contribution is -1.98. The van der Waals surface area contributed by atoms with Crippen molar-refractivity contribution >= 4 is 33.0 Å². The van der Waals surface area contributed by atoms with E-state index < -0.39 is 5.82 Å². The molecule has 0 unspecified atom stereocenters. The van der Waals surface area contributed by atoms with Crippen LogP contribution in [0.2, 0.25) is 0 Å². The molecular weight excluding hydrogens is 309 g/mol. The van der Waals surface area contributed by atoms with Gasteiger partial charge in [-0.25, -0.2) is 4.39 Å². The molecule has 0 spiro atoms. The monoisotopic (exact) mass is 319 g/mol. The van der Waals surface area contributed by atoms with E-state index in [2.05, 4.69) is 21.2 Å². The maximum atomic E-state index is 13.5. The molecule has 2 rings (SSSR count). The summed E-state index contributed by atoms with van der Waals surface area (Å²) >= 11 is 3.38. The Kier molecular flexibility index (Phi) is 3.72. The van der Waals surface area contributed by atoms with Crippen molar-refractivity contribution in [3.63, 3.8) is 0 Å². The largest absolute Gasteiger partial charge is 0.398 e. The molecule has 19 heavy (non-hydrogen) atoms. The van der Waals surface area contributed by atoms with Crippen molar-refractivity contribution in [2.75, 3.05) is 11.1 Å². The highest BCUT2D eigenvalue weighted by atomic mass is 79.9. The lowest BCUT2D eigenvalue weighted by molar-refractivity contribution is 0.624. The van der Waals surface area contributed by atoms with Gasteiger partial charge in [-0.05, 0) is 52.7 Å². The van der Waals surface area contributed by atoms with Crippen molar-refractivity contribution in [2.45, 2.75) is 6.92 Å². The van der Waals surface area contributed by atoms with Crippen LogP contribution < -0.4 is 11.1 Å². The topological polar surface area (TPSA) is 61.8 Å². The van der Waals surface area contributed by atoms with Crippen LogP contribution in [-0.2, 0) is 0 Å². The average molecular weight is 320 g/mol. The van der Waals surface area contributed by atoms with Crippen LogP contribution in [0.15, 0.2) is 34.8 Å². The van der Waals surface area contributed by atoms with Gasteiger partial charge in [0.2, 0.25) is 0 Å². The number of nitrogens with zero attached hydrogens (tertiary/aromatic N) is 1. The molecule has 0 saturated carbocycles. The van der Waals surface area contributed by atoms with Crippen molar-refractivity contribution in [1.29, 1.82) is 5.26 Å². The van der Waals surface area contributed by atoms with E-state index in [4.69, 9.17) is 11.0 Å². The maximum Gasteiger partial charge on any atom is 0.143 e. The summed E-state index contributed by atoms with van der Waals surface area (Å²) in [5, 5.41) is 12.0. The number of hydrogen-bond acceptors (Lipinski definition) is 3. The Morgan fingerprint density at radius 1 is 1.32 bits per heavy atom. The van der Waals surface area contributed by atoms with Crippen molar-refractivity contribution in [2.24, 2.45) is 0 Å². The first kappa shape index (κ1) is 13.4. The second-order valence-electron chi connectivity index (χ2n) is 4.09. The fourth-order valence-electron chi connectivity index (χ4n) is 1.68. The van der Waals surface area contributed by atoms with E-state index in [1.54, 1.807) is 18.2 Å². The van der Waals surface area contributed by atoms with Crippen LogP contribution in [0.5, 0.6) is 0 Å². The van der Waals surface area contributed by atoms with Crippen LogP contribution in [0.4, 0.5) is 21.5 Å². The van der Waals surface area contributed by atoms with Crippen LogP contribution >= 0.6 is 15.9 Å². The van der Waals surface area contributed by atoms with Crippen LogP contribution in [0.1, 0.15) is 11.1 Å². The number of halogens is 2. The molecule has 0 aromatic heterocycles. The van der Waals surface area contributed by atoms with Gasteiger partial charge >= 0.3 is 0 Å². The number of nitriles is 1. The molecule has 0 saturated heterocycles. The van der Waals surface area contributed by atoms with E-state index in [9.17, 15) is 4.39 Å². The number of aryl methyl sites for hydroxylation is 1. The van der Waals surface area contributed by atoms with E-state index in [-0.39, 0.29) is 5.56 Å². The van der Waals surface area contributed by atoms with Gasteiger partial charge in [0.05, 0.1) is 11.4 Å². The Morgan fingerprint density at radius 2 is 2.05 bits per heavy atom. The minimum Gasteiger partial charge on any atom is -0.398 e. The number of benzene rings is 2. The number of anilines is 3. The Labute approximate surface area is 119 Å². The normalized spacial score (nSPS) is 10.0. The van der Waals surface area contributed by atoms with E-state index >= 15 is 0 Å². The zero-order valence-corrected chi connectivity index (χ0v) is 11.8. The summed E-state index contributed by atoms with van der Waals surface area (Å²) in [6.07, 6.45) is 0. The smallest absolute Gasteiger partial charge is 0.143 e. The van der Waals surface area contributed by atoms with Gasteiger partial charge in [-0.2, -0.15) is 5.26 Å². The summed E-state index contributed by atoms with van der Waals surface area (Å²) in [6, 6.07) is 9.92. The molecule has 2 aromatic carbocycles. The Hall–Kier alpha value is -2.06. The van der Waals surface area contributed by atoms with Crippen LogP contribution in [-0.4, -0.2) is 0 Å². The second kappa shape index (κ2) is 5.29. The third-order valence-corrected chi connectivity index (χ3v) is 3.41. The standard InChI is InChI=1S/C14H11BrFN3/c1-8-5-14(10(15)6-12(8)18)19-13-4-2-3-11(16)9(13)7-17/h2-6,19H,18H2,1H3. The van der Waals surface area contributed by atoms with Crippen molar-refractivity contribution in [3.05, 3.63) is 51.7 Å². The zero-order valence-electron chi connectivity index (χ0n) is 10.2. The van der Waals surface area contributed by atoms with Gasteiger partial charge in [0, 0.05) is 10.2 Å². The van der Waals surface area contributed by atoms with E-state index in [1.807, 2.05) is 19.1 Å².